The van der Waals surface area contributed by atoms with Crippen LogP contribution in [-0.4, -0.2) is 143 Å². The number of ether oxygens (including phenoxy) is 3. The first-order chi connectivity index (χ1) is 27.7. The van der Waals surface area contributed by atoms with Gasteiger partial charge in [0.2, 0.25) is 6.29 Å². The summed E-state index contributed by atoms with van der Waals surface area (Å²) in [5.41, 5.74) is 8.09. The number of carbonyl (C=O) groups excluding carboxylic acids is 2. The van der Waals surface area contributed by atoms with Crippen LogP contribution in [0, 0.1) is 13.8 Å². The molecule has 0 atom stereocenters. The lowest BCUT2D eigenvalue weighted by Crippen LogP contribution is -2.53. The van der Waals surface area contributed by atoms with Crippen molar-refractivity contribution in [1.29, 1.82) is 0 Å². The highest BCUT2D eigenvalue weighted by atomic mass is 19.4. The lowest BCUT2D eigenvalue weighted by atomic mass is 9.87. The van der Waals surface area contributed by atoms with Gasteiger partial charge in [-0.05, 0) is 136 Å². The molecule has 0 unspecified atom stereocenters. The summed E-state index contributed by atoms with van der Waals surface area (Å²) in [7, 11) is 4.50. The number of nitrogens with one attached hydrogen (secondary N) is 1. The Morgan fingerprint density at radius 2 is 1.14 bits per heavy atom. The van der Waals surface area contributed by atoms with Crippen molar-refractivity contribution in [3.8, 4) is 0 Å². The van der Waals surface area contributed by atoms with Gasteiger partial charge >= 0.3 is 12.3 Å². The molecule has 4 aliphatic rings. The number of aryl methyl sites for hydroxylation is 2. The summed E-state index contributed by atoms with van der Waals surface area (Å²) in [4.78, 5) is 32.9. The Kier molecular flexibility index (Phi) is 17.5. The van der Waals surface area contributed by atoms with E-state index in [1.54, 1.807) is 0 Å². The predicted octanol–water partition coefficient (Wildman–Crippen LogP) is 7.21. The summed E-state index contributed by atoms with van der Waals surface area (Å²) in [5.74, 6) is 0. The third-order valence-electron chi connectivity index (χ3n) is 12.1. The monoisotopic (exact) mass is 833 g/mol. The maximum absolute atomic E-state index is 12.4. The molecule has 14 heteroatoms. The van der Waals surface area contributed by atoms with Crippen molar-refractivity contribution in [3.05, 3.63) is 58.7 Å². The first-order valence-electron chi connectivity index (χ1n) is 21.2. The van der Waals surface area contributed by atoms with Crippen LogP contribution in [0.3, 0.4) is 0 Å². The predicted molar refractivity (Wildman–Crippen MR) is 229 cm³/mol. The van der Waals surface area contributed by atoms with E-state index in [0.717, 1.165) is 105 Å². The maximum atomic E-state index is 12.4. The molecule has 4 saturated heterocycles. The average molecular weight is 833 g/mol. The van der Waals surface area contributed by atoms with Gasteiger partial charge < -0.3 is 34.2 Å². The third-order valence-corrected chi connectivity index (χ3v) is 12.1. The third kappa shape index (κ3) is 14.9. The van der Waals surface area contributed by atoms with Gasteiger partial charge in [0, 0.05) is 74.8 Å². The molecule has 0 bridgehead atoms. The second kappa shape index (κ2) is 21.4. The standard InChI is InChI=1S/C24H39N3O3.C19H31N3O.C2HF3O/c1-19-7-8-20(21(17-19)26-13-15-29-16-14-26)18-25(6)24(5)9-11-27(12-10-24)22(28)30-23(2,3)4;1-16-4-5-17(18(14-16)22-10-12-23-13-11-22)15-21(3)19(2)6-8-20-9-7-19;3-2(4,5)1-6/h7-8,17H,9-16,18H2,1-6H3;4-5,14,20H,6-13,15H2,1-3H3;1H. The number of benzene rings is 2. The fourth-order valence-electron chi connectivity index (χ4n) is 7.93. The van der Waals surface area contributed by atoms with Gasteiger partial charge in [0.15, 0.2) is 0 Å². The first-order valence-corrected chi connectivity index (χ1v) is 21.2. The number of rotatable bonds is 8. The minimum Gasteiger partial charge on any atom is -0.444 e. The molecule has 1 amide bonds. The van der Waals surface area contributed by atoms with Crippen molar-refractivity contribution in [2.24, 2.45) is 0 Å². The number of piperidine rings is 2. The number of likely N-dealkylation sites (tertiary alicyclic amines) is 1. The van der Waals surface area contributed by atoms with Crippen molar-refractivity contribution in [3.63, 3.8) is 0 Å². The molecule has 11 nitrogen and oxygen atoms in total. The van der Waals surface area contributed by atoms with E-state index in [1.807, 2.05) is 25.7 Å². The molecule has 2 aromatic rings. The van der Waals surface area contributed by atoms with Crippen LogP contribution in [0.4, 0.5) is 29.3 Å². The molecule has 4 aliphatic heterocycles. The highest BCUT2D eigenvalue weighted by Crippen LogP contribution is 2.33. The Balaban J connectivity index is 0.000000235. The average Bonchev–Trinajstić information content (AvgIpc) is 3.20. The van der Waals surface area contributed by atoms with E-state index in [4.69, 9.17) is 19.0 Å². The minimum atomic E-state index is -4.64. The van der Waals surface area contributed by atoms with Crippen LogP contribution in [0.2, 0.25) is 0 Å². The number of aldehydes is 1. The van der Waals surface area contributed by atoms with E-state index in [-0.39, 0.29) is 11.6 Å². The zero-order valence-electron chi connectivity index (χ0n) is 37.2. The molecule has 2 aromatic carbocycles. The zero-order chi connectivity index (χ0) is 43.4. The second-order valence-corrected chi connectivity index (χ2v) is 18.0. The fourth-order valence-corrected chi connectivity index (χ4v) is 7.93. The van der Waals surface area contributed by atoms with Gasteiger partial charge in [0.25, 0.3) is 0 Å². The van der Waals surface area contributed by atoms with E-state index in [2.05, 4.69) is 103 Å². The van der Waals surface area contributed by atoms with Gasteiger partial charge in [-0.3, -0.25) is 14.6 Å². The molecule has 0 radical (unpaired) electrons. The number of morpholine rings is 2. The van der Waals surface area contributed by atoms with E-state index >= 15 is 0 Å². The molecule has 0 aromatic heterocycles. The van der Waals surface area contributed by atoms with Gasteiger partial charge in [0.05, 0.1) is 26.4 Å². The summed E-state index contributed by atoms with van der Waals surface area (Å²) in [5, 5.41) is 3.48. The molecule has 6 rings (SSSR count). The molecular weight excluding hydrogens is 762 g/mol. The van der Waals surface area contributed by atoms with Gasteiger partial charge in [-0.2, -0.15) is 13.2 Å². The maximum Gasteiger partial charge on any atom is 0.446 e. The quantitative estimate of drug-likeness (QED) is 0.276. The summed E-state index contributed by atoms with van der Waals surface area (Å²) >= 11 is 0. The topological polar surface area (TPSA) is 90.1 Å². The molecular formula is C45H71F3N6O5. The molecule has 59 heavy (non-hydrogen) atoms. The largest absolute Gasteiger partial charge is 0.446 e. The number of alkyl halides is 3. The van der Waals surface area contributed by atoms with Crippen LogP contribution in [-0.2, 0) is 32.1 Å². The van der Waals surface area contributed by atoms with E-state index in [0.29, 0.717) is 5.54 Å². The first kappa shape index (κ1) is 48.2. The van der Waals surface area contributed by atoms with Crippen molar-refractivity contribution >= 4 is 23.8 Å². The van der Waals surface area contributed by atoms with Crippen LogP contribution in [0.25, 0.3) is 0 Å². The Bertz CT molecular complexity index is 1630. The molecule has 332 valence electrons. The summed E-state index contributed by atoms with van der Waals surface area (Å²) in [6.07, 6.45) is -1.55. The number of halogens is 3. The number of nitrogens with zero attached hydrogens (tertiary/aromatic N) is 5. The van der Waals surface area contributed by atoms with Crippen LogP contribution >= 0.6 is 0 Å². The molecule has 0 aliphatic carbocycles. The van der Waals surface area contributed by atoms with E-state index < -0.39 is 18.1 Å². The molecule has 0 saturated carbocycles. The number of hydrogen-bond donors (Lipinski definition) is 1. The molecule has 1 N–H and O–H groups in total. The SMILES string of the molecule is Cc1ccc(CN(C)C2(C)CCN(C(=O)OC(C)(C)C)CC2)c(N2CCOCC2)c1.Cc1ccc(CN(C)C2(C)CCNCC2)c(N2CCOCC2)c1.O=CC(F)(F)F. The van der Waals surface area contributed by atoms with Crippen molar-refractivity contribution in [2.45, 2.75) is 110 Å². The highest BCUT2D eigenvalue weighted by molar-refractivity contribution is 5.68. The Hall–Kier alpha value is -3.43. The summed E-state index contributed by atoms with van der Waals surface area (Å²) in [6, 6.07) is 13.7. The zero-order valence-corrected chi connectivity index (χ0v) is 37.2. The van der Waals surface area contributed by atoms with Gasteiger partial charge in [0.1, 0.15) is 5.60 Å². The van der Waals surface area contributed by atoms with Crippen LogP contribution in [0.1, 0.15) is 82.6 Å². The van der Waals surface area contributed by atoms with Crippen molar-refractivity contribution < 1.29 is 37.0 Å². The Morgan fingerprint density at radius 1 is 0.746 bits per heavy atom. The van der Waals surface area contributed by atoms with E-state index in [1.165, 1.54) is 46.5 Å². The van der Waals surface area contributed by atoms with E-state index in [9.17, 15) is 18.0 Å². The van der Waals surface area contributed by atoms with Gasteiger partial charge in [-0.1, -0.05) is 24.3 Å². The molecule has 4 fully saturated rings. The number of anilines is 2. The minimum absolute atomic E-state index is 0.0612. The number of hydrogen-bond acceptors (Lipinski definition) is 10. The highest BCUT2D eigenvalue weighted by Gasteiger charge is 2.37. The van der Waals surface area contributed by atoms with Crippen molar-refractivity contribution in [2.75, 3.05) is 103 Å². The lowest BCUT2D eigenvalue weighted by Gasteiger charge is -2.45. The fraction of sp³-hybridized carbons (Fsp3) is 0.689. The molecule has 4 heterocycles. The van der Waals surface area contributed by atoms with Crippen molar-refractivity contribution in [1.82, 2.24) is 20.0 Å². The van der Waals surface area contributed by atoms with Crippen LogP contribution < -0.4 is 15.1 Å². The lowest BCUT2D eigenvalue weighted by molar-refractivity contribution is -0.156. The smallest absolute Gasteiger partial charge is 0.444 e. The van der Waals surface area contributed by atoms with Gasteiger partial charge in [-0.15, -0.1) is 0 Å². The number of amides is 1. The summed E-state index contributed by atoms with van der Waals surface area (Å²) in [6.45, 7) is 27.6. The Labute approximate surface area is 351 Å². The summed E-state index contributed by atoms with van der Waals surface area (Å²) < 4.78 is 47.9. The van der Waals surface area contributed by atoms with Gasteiger partial charge in [-0.25, -0.2) is 4.79 Å². The van der Waals surface area contributed by atoms with Crippen LogP contribution in [0.5, 0.6) is 0 Å². The molecule has 0 spiro atoms. The second-order valence-electron chi connectivity index (χ2n) is 18.0. The Morgan fingerprint density at radius 3 is 1.51 bits per heavy atom. The normalized spacial score (nSPS) is 19.7. The van der Waals surface area contributed by atoms with Crippen LogP contribution in [0.15, 0.2) is 36.4 Å². The number of carbonyl (C=O) groups is 2.